The first-order chi connectivity index (χ1) is 14.9. The van der Waals surface area contributed by atoms with Crippen LogP contribution in [0.3, 0.4) is 0 Å². The van der Waals surface area contributed by atoms with Crippen LogP contribution < -0.4 is 10.2 Å². The van der Waals surface area contributed by atoms with Crippen molar-refractivity contribution in [3.8, 4) is 5.75 Å². The van der Waals surface area contributed by atoms with Gasteiger partial charge in [-0.3, -0.25) is 4.99 Å². The number of halogens is 4. The molecule has 2 N–H and O–H groups in total. The van der Waals surface area contributed by atoms with Gasteiger partial charge in [0.15, 0.2) is 5.96 Å². The van der Waals surface area contributed by atoms with Crippen molar-refractivity contribution in [3.05, 3.63) is 59.7 Å². The summed E-state index contributed by atoms with van der Waals surface area (Å²) >= 11 is 0. The largest absolute Gasteiger partial charge is 0.506 e. The number of nitrogens with zero attached hydrogens (tertiary/aromatic N) is 3. The summed E-state index contributed by atoms with van der Waals surface area (Å²) in [6.45, 7) is 2.30. The van der Waals surface area contributed by atoms with Gasteiger partial charge in [0, 0.05) is 39.8 Å². The van der Waals surface area contributed by atoms with Gasteiger partial charge in [0.05, 0.1) is 12.3 Å². The third kappa shape index (κ3) is 7.73. The average Bonchev–Trinajstić information content (AvgIpc) is 2.75. The van der Waals surface area contributed by atoms with E-state index in [0.29, 0.717) is 12.1 Å². The fraction of sp³-hybridized carbons (Fsp3) is 0.409. The van der Waals surface area contributed by atoms with Crippen molar-refractivity contribution in [1.29, 1.82) is 0 Å². The van der Waals surface area contributed by atoms with Crippen LogP contribution in [0, 0.1) is 0 Å². The zero-order valence-corrected chi connectivity index (χ0v) is 20.1. The van der Waals surface area contributed by atoms with E-state index in [0.717, 1.165) is 43.4 Å². The van der Waals surface area contributed by atoms with Crippen molar-refractivity contribution >= 4 is 35.6 Å². The molecule has 6 nitrogen and oxygen atoms in total. The summed E-state index contributed by atoms with van der Waals surface area (Å²) in [5.74, 6) is 1.07. The van der Waals surface area contributed by atoms with Gasteiger partial charge in [-0.15, -0.1) is 24.0 Å². The Labute approximate surface area is 203 Å². The molecule has 0 bridgehead atoms. The molecule has 0 atom stereocenters. The van der Waals surface area contributed by atoms with Gasteiger partial charge in [0.1, 0.15) is 12.4 Å². The van der Waals surface area contributed by atoms with Crippen molar-refractivity contribution in [3.63, 3.8) is 0 Å². The number of rotatable bonds is 6. The SMILES string of the molecule is CN=C(NCc1ccc(COCC(F)(F)F)cc1)N1CCN(c2ccccc2O)CC1.I. The number of phenols is 1. The molecule has 1 aliphatic rings. The van der Waals surface area contributed by atoms with Crippen LogP contribution in [-0.4, -0.2) is 62.0 Å². The van der Waals surface area contributed by atoms with Gasteiger partial charge in [-0.05, 0) is 23.3 Å². The standard InChI is InChI=1S/C22H27F3N4O2.HI/c1-26-21(29-12-10-28(11-13-29)19-4-2-3-5-20(19)30)27-14-17-6-8-18(9-7-17)15-31-16-22(23,24)25;/h2-9,30H,10-16H2,1H3,(H,26,27);1H. The smallest absolute Gasteiger partial charge is 0.411 e. The van der Waals surface area contributed by atoms with Gasteiger partial charge in [-0.2, -0.15) is 13.2 Å². The summed E-state index contributed by atoms with van der Waals surface area (Å²) in [5.41, 5.74) is 2.52. The Morgan fingerprint density at radius 1 is 1.03 bits per heavy atom. The molecule has 0 spiro atoms. The Hall–Kier alpha value is -2.21. The molecule has 1 saturated heterocycles. The molecule has 1 aliphatic heterocycles. The van der Waals surface area contributed by atoms with E-state index >= 15 is 0 Å². The molecule has 2 aromatic carbocycles. The molecule has 176 valence electrons. The molecular weight excluding hydrogens is 536 g/mol. The van der Waals surface area contributed by atoms with Crippen molar-refractivity contribution < 1.29 is 23.0 Å². The van der Waals surface area contributed by atoms with Crippen LogP contribution in [0.1, 0.15) is 11.1 Å². The van der Waals surface area contributed by atoms with Crippen molar-refractivity contribution in [2.75, 3.05) is 44.7 Å². The third-order valence-corrected chi connectivity index (χ3v) is 5.02. The van der Waals surface area contributed by atoms with E-state index in [2.05, 4.69) is 24.8 Å². The molecule has 2 aromatic rings. The minimum atomic E-state index is -4.31. The van der Waals surface area contributed by atoms with Gasteiger partial charge in [-0.1, -0.05) is 36.4 Å². The number of hydrogen-bond donors (Lipinski definition) is 2. The predicted octanol–water partition coefficient (Wildman–Crippen LogP) is 3.99. The Morgan fingerprint density at radius 3 is 2.25 bits per heavy atom. The highest BCUT2D eigenvalue weighted by atomic mass is 127. The lowest BCUT2D eigenvalue weighted by Gasteiger charge is -2.37. The van der Waals surface area contributed by atoms with Gasteiger partial charge < -0.3 is 25.0 Å². The van der Waals surface area contributed by atoms with Crippen LogP contribution >= 0.6 is 24.0 Å². The van der Waals surface area contributed by atoms with E-state index in [-0.39, 0.29) is 36.3 Å². The third-order valence-electron chi connectivity index (χ3n) is 5.02. The highest BCUT2D eigenvalue weighted by molar-refractivity contribution is 14.0. The number of alkyl halides is 3. The van der Waals surface area contributed by atoms with E-state index in [1.54, 1.807) is 25.2 Å². The highest BCUT2D eigenvalue weighted by Gasteiger charge is 2.27. The molecule has 1 heterocycles. The number of ether oxygens (including phenoxy) is 1. The average molecular weight is 564 g/mol. The number of guanidine groups is 1. The fourth-order valence-corrected chi connectivity index (χ4v) is 3.44. The van der Waals surface area contributed by atoms with Crippen LogP contribution in [0.15, 0.2) is 53.5 Å². The number of nitrogens with one attached hydrogen (secondary N) is 1. The predicted molar refractivity (Wildman–Crippen MR) is 130 cm³/mol. The van der Waals surface area contributed by atoms with Crippen LogP contribution in [0.4, 0.5) is 18.9 Å². The van der Waals surface area contributed by atoms with E-state index in [9.17, 15) is 18.3 Å². The lowest BCUT2D eigenvalue weighted by Crippen LogP contribution is -2.52. The molecule has 0 amide bonds. The van der Waals surface area contributed by atoms with Crippen LogP contribution in [0.5, 0.6) is 5.75 Å². The van der Waals surface area contributed by atoms with E-state index < -0.39 is 12.8 Å². The lowest BCUT2D eigenvalue weighted by molar-refractivity contribution is -0.176. The van der Waals surface area contributed by atoms with Crippen LogP contribution in [-0.2, 0) is 17.9 Å². The maximum absolute atomic E-state index is 12.1. The first kappa shape index (κ1) is 26.0. The first-order valence-electron chi connectivity index (χ1n) is 10.1. The van der Waals surface area contributed by atoms with E-state index in [1.807, 2.05) is 30.3 Å². The summed E-state index contributed by atoms with van der Waals surface area (Å²) in [7, 11) is 1.73. The van der Waals surface area contributed by atoms with Gasteiger partial charge >= 0.3 is 6.18 Å². The molecule has 0 saturated carbocycles. The molecule has 32 heavy (non-hydrogen) atoms. The number of anilines is 1. The lowest BCUT2D eigenvalue weighted by atomic mass is 10.1. The number of aliphatic imine (C=N–C) groups is 1. The number of phenolic OH excluding ortho intramolecular Hbond substituents is 1. The van der Waals surface area contributed by atoms with Gasteiger partial charge in [-0.25, -0.2) is 0 Å². The minimum Gasteiger partial charge on any atom is -0.506 e. The Balaban J connectivity index is 0.00000363. The number of piperazine rings is 1. The van der Waals surface area contributed by atoms with E-state index in [4.69, 9.17) is 0 Å². The zero-order chi connectivity index (χ0) is 22.3. The van der Waals surface area contributed by atoms with Crippen molar-refractivity contribution in [2.24, 2.45) is 4.99 Å². The van der Waals surface area contributed by atoms with Gasteiger partial charge in [0.25, 0.3) is 0 Å². The van der Waals surface area contributed by atoms with Crippen LogP contribution in [0.2, 0.25) is 0 Å². The fourth-order valence-electron chi connectivity index (χ4n) is 3.44. The van der Waals surface area contributed by atoms with Crippen molar-refractivity contribution in [2.45, 2.75) is 19.3 Å². The molecule has 0 radical (unpaired) electrons. The summed E-state index contributed by atoms with van der Waals surface area (Å²) < 4.78 is 41.1. The maximum atomic E-state index is 12.1. The molecular formula is C22H28F3IN4O2. The quantitative estimate of drug-likeness (QED) is 0.316. The number of aromatic hydroxyl groups is 1. The molecule has 0 aromatic heterocycles. The zero-order valence-electron chi connectivity index (χ0n) is 17.8. The molecule has 10 heteroatoms. The number of hydrogen-bond acceptors (Lipinski definition) is 4. The second-order valence-electron chi connectivity index (χ2n) is 7.29. The molecule has 3 rings (SSSR count). The first-order valence-corrected chi connectivity index (χ1v) is 10.1. The number of benzene rings is 2. The maximum Gasteiger partial charge on any atom is 0.411 e. The summed E-state index contributed by atoms with van der Waals surface area (Å²) in [6, 6.07) is 14.6. The molecule has 0 unspecified atom stereocenters. The molecule has 1 fully saturated rings. The number of para-hydroxylation sites is 2. The minimum absolute atomic E-state index is 0. The normalized spacial score (nSPS) is 14.8. The highest BCUT2D eigenvalue weighted by Crippen LogP contribution is 2.27. The second-order valence-corrected chi connectivity index (χ2v) is 7.29. The summed E-state index contributed by atoms with van der Waals surface area (Å²) in [6.07, 6.45) is -4.31. The Morgan fingerprint density at radius 2 is 1.66 bits per heavy atom. The van der Waals surface area contributed by atoms with E-state index in [1.165, 1.54) is 0 Å². The Kier molecular flexibility index (Phi) is 9.88. The second kappa shape index (κ2) is 12.1. The monoisotopic (exact) mass is 564 g/mol. The summed E-state index contributed by atoms with van der Waals surface area (Å²) in [5, 5.41) is 13.4. The topological polar surface area (TPSA) is 60.3 Å². The molecule has 0 aliphatic carbocycles. The van der Waals surface area contributed by atoms with Gasteiger partial charge in [0.2, 0.25) is 0 Å². The van der Waals surface area contributed by atoms with Crippen molar-refractivity contribution in [1.82, 2.24) is 10.2 Å². The Bertz CT molecular complexity index is 870. The summed E-state index contributed by atoms with van der Waals surface area (Å²) in [4.78, 5) is 8.67. The van der Waals surface area contributed by atoms with Crippen LogP contribution in [0.25, 0.3) is 0 Å².